The van der Waals surface area contributed by atoms with Crippen molar-refractivity contribution in [1.82, 2.24) is 15.0 Å². The first-order valence-electron chi connectivity index (χ1n) is 11.3. The molecule has 1 aromatic carbocycles. The number of amides is 1. The zero-order valence-corrected chi connectivity index (χ0v) is 18.4. The van der Waals surface area contributed by atoms with Crippen LogP contribution in [0.3, 0.4) is 0 Å². The minimum Gasteiger partial charge on any atom is -0.396 e. The number of nitrogens with zero attached hydrogens (tertiary/aromatic N) is 5. The Kier molecular flexibility index (Phi) is 6.28. The Balaban J connectivity index is 1.48. The molecular weight excluding hydrogens is 418 g/mol. The van der Waals surface area contributed by atoms with E-state index in [4.69, 9.17) is 14.7 Å². The average Bonchev–Trinajstić information content (AvgIpc) is 2.89. The summed E-state index contributed by atoms with van der Waals surface area (Å²) in [5, 5.41) is 9.48. The van der Waals surface area contributed by atoms with Crippen molar-refractivity contribution < 1.29 is 14.6 Å². The van der Waals surface area contributed by atoms with E-state index in [0.29, 0.717) is 24.9 Å². The van der Waals surface area contributed by atoms with E-state index in [1.807, 2.05) is 42.5 Å². The molecule has 0 aliphatic carbocycles. The number of ether oxygens (including phenoxy) is 1. The number of pyridine rings is 1. The molecule has 8 nitrogen and oxygen atoms in total. The standard InChI is InChI=1S/C25H27N5O3/c31-16-18-7-10-29(11-8-18)23-14-22(27-25(28-23)20-2-1-9-26-15-20)19-3-5-21(6-4-19)30-12-13-33-17-24(30)32/h1-6,9,14-15,18,31H,7-8,10-13,16-17H2. The highest BCUT2D eigenvalue weighted by Gasteiger charge is 2.22. The lowest BCUT2D eigenvalue weighted by Crippen LogP contribution is -2.41. The Morgan fingerprint density at radius 1 is 1.03 bits per heavy atom. The molecular formula is C25H27N5O3. The first-order valence-corrected chi connectivity index (χ1v) is 11.3. The summed E-state index contributed by atoms with van der Waals surface area (Å²) in [4.78, 5) is 30.1. The number of hydrogen-bond donors (Lipinski definition) is 1. The van der Waals surface area contributed by atoms with Gasteiger partial charge in [-0.2, -0.15) is 0 Å². The number of carbonyl (C=O) groups is 1. The third-order valence-electron chi connectivity index (χ3n) is 6.29. The van der Waals surface area contributed by atoms with Crippen molar-refractivity contribution >= 4 is 17.4 Å². The number of aliphatic hydroxyl groups is 1. The molecule has 4 heterocycles. The van der Waals surface area contributed by atoms with Gasteiger partial charge in [0.2, 0.25) is 0 Å². The van der Waals surface area contributed by atoms with Crippen LogP contribution in [0.25, 0.3) is 22.6 Å². The molecule has 170 valence electrons. The molecule has 33 heavy (non-hydrogen) atoms. The van der Waals surface area contributed by atoms with Gasteiger partial charge in [-0.3, -0.25) is 9.78 Å². The number of anilines is 2. The molecule has 2 fully saturated rings. The van der Waals surface area contributed by atoms with Gasteiger partial charge in [0, 0.05) is 61.5 Å². The van der Waals surface area contributed by atoms with E-state index in [9.17, 15) is 9.90 Å². The maximum absolute atomic E-state index is 12.2. The molecule has 1 N–H and O–H groups in total. The number of aliphatic hydroxyl groups excluding tert-OH is 1. The minimum atomic E-state index is -0.0246. The fourth-order valence-corrected chi connectivity index (χ4v) is 4.32. The normalized spacial score (nSPS) is 17.4. The monoisotopic (exact) mass is 445 g/mol. The lowest BCUT2D eigenvalue weighted by molar-refractivity contribution is -0.125. The van der Waals surface area contributed by atoms with Crippen molar-refractivity contribution in [3.8, 4) is 22.6 Å². The summed E-state index contributed by atoms with van der Waals surface area (Å²) in [6.07, 6.45) is 5.40. The molecule has 2 aliphatic heterocycles. The molecule has 0 bridgehead atoms. The van der Waals surface area contributed by atoms with E-state index in [2.05, 4.69) is 9.88 Å². The molecule has 0 radical (unpaired) electrons. The second-order valence-corrected chi connectivity index (χ2v) is 8.43. The maximum Gasteiger partial charge on any atom is 0.253 e. The Morgan fingerprint density at radius 2 is 1.85 bits per heavy atom. The predicted octanol–water partition coefficient (Wildman–Crippen LogP) is 2.78. The number of aromatic nitrogens is 3. The predicted molar refractivity (Wildman–Crippen MR) is 126 cm³/mol. The summed E-state index contributed by atoms with van der Waals surface area (Å²) in [5.41, 5.74) is 3.50. The lowest BCUT2D eigenvalue weighted by atomic mass is 9.98. The molecule has 0 atom stereocenters. The van der Waals surface area contributed by atoms with Crippen molar-refractivity contribution in [1.29, 1.82) is 0 Å². The van der Waals surface area contributed by atoms with Crippen LogP contribution in [0.4, 0.5) is 11.5 Å². The van der Waals surface area contributed by atoms with Crippen molar-refractivity contribution in [2.75, 3.05) is 49.3 Å². The highest BCUT2D eigenvalue weighted by Crippen LogP contribution is 2.30. The molecule has 0 unspecified atom stereocenters. The maximum atomic E-state index is 12.2. The second-order valence-electron chi connectivity index (χ2n) is 8.43. The Hall–Kier alpha value is -3.36. The molecule has 5 rings (SSSR count). The zero-order chi connectivity index (χ0) is 22.6. The summed E-state index contributed by atoms with van der Waals surface area (Å²) >= 11 is 0. The van der Waals surface area contributed by atoms with E-state index < -0.39 is 0 Å². The molecule has 3 aromatic rings. The van der Waals surface area contributed by atoms with Gasteiger partial charge in [-0.15, -0.1) is 0 Å². The van der Waals surface area contributed by atoms with E-state index >= 15 is 0 Å². The highest BCUT2D eigenvalue weighted by atomic mass is 16.5. The first-order chi connectivity index (χ1) is 16.2. The van der Waals surface area contributed by atoms with Crippen LogP contribution in [0.15, 0.2) is 54.9 Å². The number of carbonyl (C=O) groups excluding carboxylic acids is 1. The van der Waals surface area contributed by atoms with E-state index in [-0.39, 0.29) is 19.1 Å². The Morgan fingerprint density at radius 3 is 2.55 bits per heavy atom. The first kappa shape index (κ1) is 21.5. The third kappa shape index (κ3) is 4.72. The van der Waals surface area contributed by atoms with Gasteiger partial charge >= 0.3 is 0 Å². The second kappa shape index (κ2) is 9.64. The topological polar surface area (TPSA) is 91.7 Å². The Bertz CT molecular complexity index is 1100. The summed E-state index contributed by atoms with van der Waals surface area (Å²) in [5.74, 6) is 1.84. The largest absolute Gasteiger partial charge is 0.396 e. The average molecular weight is 446 g/mol. The van der Waals surface area contributed by atoms with Gasteiger partial charge in [0.05, 0.1) is 12.3 Å². The summed E-state index contributed by atoms with van der Waals surface area (Å²) < 4.78 is 5.23. The van der Waals surface area contributed by atoms with E-state index in [1.54, 1.807) is 17.3 Å². The van der Waals surface area contributed by atoms with Gasteiger partial charge in [-0.1, -0.05) is 12.1 Å². The van der Waals surface area contributed by atoms with Gasteiger partial charge in [0.25, 0.3) is 5.91 Å². The SMILES string of the molecule is O=C1COCCN1c1ccc(-c2cc(N3CCC(CO)CC3)nc(-c3cccnc3)n2)cc1. The third-order valence-corrected chi connectivity index (χ3v) is 6.29. The van der Waals surface area contributed by atoms with Crippen LogP contribution in [0, 0.1) is 5.92 Å². The van der Waals surface area contributed by atoms with Gasteiger partial charge < -0.3 is 19.6 Å². The minimum absolute atomic E-state index is 0.0246. The van der Waals surface area contributed by atoms with Gasteiger partial charge in [0.1, 0.15) is 12.4 Å². The van der Waals surface area contributed by atoms with Gasteiger partial charge in [-0.25, -0.2) is 9.97 Å². The van der Waals surface area contributed by atoms with Crippen molar-refractivity contribution in [2.45, 2.75) is 12.8 Å². The molecule has 8 heteroatoms. The summed E-state index contributed by atoms with van der Waals surface area (Å²) in [6.45, 7) is 3.17. The molecule has 2 aliphatic rings. The fourth-order valence-electron chi connectivity index (χ4n) is 4.32. The molecule has 0 spiro atoms. The lowest BCUT2D eigenvalue weighted by Gasteiger charge is -2.32. The zero-order valence-electron chi connectivity index (χ0n) is 18.4. The van der Waals surface area contributed by atoms with E-state index in [1.165, 1.54) is 0 Å². The van der Waals surface area contributed by atoms with E-state index in [0.717, 1.165) is 54.3 Å². The smallest absolute Gasteiger partial charge is 0.253 e. The summed E-state index contributed by atoms with van der Waals surface area (Å²) in [6, 6.07) is 13.8. The van der Waals surface area contributed by atoms with Crippen molar-refractivity contribution in [2.24, 2.45) is 5.92 Å². The fraction of sp³-hybridized carbons (Fsp3) is 0.360. The van der Waals surface area contributed by atoms with Crippen LogP contribution in [-0.2, 0) is 9.53 Å². The number of piperidine rings is 1. The number of hydrogen-bond acceptors (Lipinski definition) is 7. The molecule has 2 aromatic heterocycles. The molecule has 2 saturated heterocycles. The molecule has 1 amide bonds. The van der Waals surface area contributed by atoms with Crippen LogP contribution >= 0.6 is 0 Å². The van der Waals surface area contributed by atoms with Crippen LogP contribution in [0.2, 0.25) is 0 Å². The van der Waals surface area contributed by atoms with Crippen molar-refractivity contribution in [3.63, 3.8) is 0 Å². The van der Waals surface area contributed by atoms with Gasteiger partial charge in [0.15, 0.2) is 5.82 Å². The van der Waals surface area contributed by atoms with Gasteiger partial charge in [-0.05, 0) is 43.0 Å². The number of morpholine rings is 1. The van der Waals surface area contributed by atoms with Crippen LogP contribution < -0.4 is 9.80 Å². The Labute approximate surface area is 192 Å². The van der Waals surface area contributed by atoms with Crippen LogP contribution in [0.5, 0.6) is 0 Å². The number of benzene rings is 1. The quantitative estimate of drug-likeness (QED) is 0.646. The molecule has 0 saturated carbocycles. The van der Waals surface area contributed by atoms with Crippen LogP contribution in [0.1, 0.15) is 12.8 Å². The number of rotatable bonds is 5. The highest BCUT2D eigenvalue weighted by molar-refractivity contribution is 5.95. The van der Waals surface area contributed by atoms with Crippen molar-refractivity contribution in [3.05, 3.63) is 54.9 Å². The van der Waals surface area contributed by atoms with Crippen LogP contribution in [-0.4, -0.2) is 65.4 Å². The summed E-state index contributed by atoms with van der Waals surface area (Å²) in [7, 11) is 0.